The van der Waals surface area contributed by atoms with E-state index in [2.05, 4.69) is 23.6 Å². The zero-order valence-electron chi connectivity index (χ0n) is 12.9. The summed E-state index contributed by atoms with van der Waals surface area (Å²) in [6.07, 6.45) is 8.96. The van der Waals surface area contributed by atoms with Crippen LogP contribution in [-0.2, 0) is 4.74 Å². The van der Waals surface area contributed by atoms with Crippen LogP contribution in [0.2, 0.25) is 0 Å². The lowest BCUT2D eigenvalue weighted by molar-refractivity contribution is -0.118. The molecular formula is C16H30N2OS. The van der Waals surface area contributed by atoms with E-state index in [0.29, 0.717) is 18.1 Å². The van der Waals surface area contributed by atoms with Gasteiger partial charge < -0.3 is 10.5 Å². The molecule has 2 N–H and O–H groups in total. The second-order valence-electron chi connectivity index (χ2n) is 6.95. The Morgan fingerprint density at radius 2 is 2.05 bits per heavy atom. The first kappa shape index (κ1) is 15.1. The molecule has 3 saturated heterocycles. The van der Waals surface area contributed by atoms with Gasteiger partial charge in [0.2, 0.25) is 0 Å². The van der Waals surface area contributed by atoms with Crippen LogP contribution >= 0.6 is 11.8 Å². The van der Waals surface area contributed by atoms with E-state index in [1.807, 2.05) is 0 Å². The van der Waals surface area contributed by atoms with Gasteiger partial charge in [0.1, 0.15) is 0 Å². The predicted octanol–water partition coefficient (Wildman–Crippen LogP) is 2.63. The van der Waals surface area contributed by atoms with Crippen molar-refractivity contribution in [3.05, 3.63) is 0 Å². The van der Waals surface area contributed by atoms with Gasteiger partial charge in [0.25, 0.3) is 0 Å². The van der Waals surface area contributed by atoms with E-state index in [0.717, 1.165) is 6.61 Å². The summed E-state index contributed by atoms with van der Waals surface area (Å²) in [5.74, 6) is 2.56. The standard InChI is InChI=1S/C16H30N2OS/c1-13(17)15-4-2-3-8-18(15)14-5-9-19-16(12-14)6-10-20-11-7-16/h13-15H,2-12,17H2,1H3. The molecule has 0 radical (unpaired) electrons. The van der Waals surface area contributed by atoms with E-state index >= 15 is 0 Å². The summed E-state index contributed by atoms with van der Waals surface area (Å²) in [4.78, 5) is 2.75. The van der Waals surface area contributed by atoms with Crippen molar-refractivity contribution in [1.29, 1.82) is 0 Å². The van der Waals surface area contributed by atoms with Gasteiger partial charge in [-0.15, -0.1) is 0 Å². The molecule has 0 aliphatic carbocycles. The van der Waals surface area contributed by atoms with Crippen LogP contribution in [0.5, 0.6) is 0 Å². The Bertz CT molecular complexity index is 312. The summed E-state index contributed by atoms with van der Waals surface area (Å²) in [6, 6.07) is 1.61. The molecule has 3 nitrogen and oxygen atoms in total. The number of ether oxygens (including phenoxy) is 1. The molecule has 0 saturated carbocycles. The minimum atomic E-state index is 0.202. The smallest absolute Gasteiger partial charge is 0.0713 e. The largest absolute Gasteiger partial charge is 0.375 e. The zero-order chi connectivity index (χ0) is 14.0. The minimum absolute atomic E-state index is 0.202. The molecule has 3 rings (SSSR count). The predicted molar refractivity (Wildman–Crippen MR) is 86.3 cm³/mol. The van der Waals surface area contributed by atoms with Gasteiger partial charge >= 0.3 is 0 Å². The molecule has 0 aromatic carbocycles. The summed E-state index contributed by atoms with van der Waals surface area (Å²) < 4.78 is 6.25. The number of piperidine rings is 1. The topological polar surface area (TPSA) is 38.5 Å². The fraction of sp³-hybridized carbons (Fsp3) is 1.00. The van der Waals surface area contributed by atoms with Crippen molar-refractivity contribution in [2.24, 2.45) is 5.73 Å². The quantitative estimate of drug-likeness (QED) is 0.850. The maximum atomic E-state index is 6.26. The van der Waals surface area contributed by atoms with Gasteiger partial charge in [-0.05, 0) is 63.5 Å². The van der Waals surface area contributed by atoms with Crippen LogP contribution in [-0.4, -0.2) is 53.3 Å². The number of likely N-dealkylation sites (tertiary alicyclic amines) is 1. The fourth-order valence-electron chi connectivity index (χ4n) is 4.37. The highest BCUT2D eigenvalue weighted by atomic mass is 32.2. The Balaban J connectivity index is 1.68. The number of rotatable bonds is 2. The van der Waals surface area contributed by atoms with Crippen molar-refractivity contribution in [3.8, 4) is 0 Å². The molecule has 3 unspecified atom stereocenters. The highest BCUT2D eigenvalue weighted by Crippen LogP contribution is 2.40. The van der Waals surface area contributed by atoms with Crippen molar-refractivity contribution >= 4 is 11.8 Å². The molecule has 1 spiro atoms. The highest BCUT2D eigenvalue weighted by molar-refractivity contribution is 7.99. The molecule has 0 amide bonds. The Morgan fingerprint density at radius 3 is 2.80 bits per heavy atom. The third kappa shape index (κ3) is 3.18. The molecule has 20 heavy (non-hydrogen) atoms. The van der Waals surface area contributed by atoms with Gasteiger partial charge in [0.05, 0.1) is 5.60 Å². The third-order valence-electron chi connectivity index (χ3n) is 5.54. The van der Waals surface area contributed by atoms with Crippen LogP contribution in [0.25, 0.3) is 0 Å². The van der Waals surface area contributed by atoms with Crippen molar-refractivity contribution in [2.75, 3.05) is 24.7 Å². The van der Waals surface area contributed by atoms with Gasteiger partial charge in [-0.25, -0.2) is 0 Å². The lowest BCUT2D eigenvalue weighted by Crippen LogP contribution is -2.57. The Hall–Kier alpha value is 0.230. The highest BCUT2D eigenvalue weighted by Gasteiger charge is 2.42. The lowest BCUT2D eigenvalue weighted by Gasteiger charge is -2.50. The van der Waals surface area contributed by atoms with Crippen molar-refractivity contribution in [3.63, 3.8) is 0 Å². The lowest BCUT2D eigenvalue weighted by atomic mass is 9.83. The minimum Gasteiger partial charge on any atom is -0.375 e. The first-order valence-corrected chi connectivity index (χ1v) is 9.59. The normalized spacial score (nSPS) is 36.9. The van der Waals surface area contributed by atoms with Gasteiger partial charge in [0, 0.05) is 24.7 Å². The molecule has 4 heteroatoms. The molecule has 116 valence electrons. The summed E-state index contributed by atoms with van der Waals surface area (Å²) in [7, 11) is 0. The van der Waals surface area contributed by atoms with Crippen molar-refractivity contribution in [2.45, 2.75) is 75.6 Å². The second kappa shape index (κ2) is 6.55. The number of thioether (sulfide) groups is 1. The van der Waals surface area contributed by atoms with Gasteiger partial charge in [-0.1, -0.05) is 6.42 Å². The van der Waals surface area contributed by atoms with Crippen LogP contribution in [0.1, 0.15) is 51.9 Å². The number of nitrogens with two attached hydrogens (primary N) is 1. The van der Waals surface area contributed by atoms with Crippen LogP contribution in [0.4, 0.5) is 0 Å². The van der Waals surface area contributed by atoms with E-state index in [1.165, 1.54) is 63.0 Å². The molecule has 0 aromatic rings. The fourth-order valence-corrected chi connectivity index (χ4v) is 5.61. The molecule has 3 aliphatic heterocycles. The SMILES string of the molecule is CC(N)C1CCCCN1C1CCOC2(CCSCC2)C1. The average Bonchev–Trinajstić information content (AvgIpc) is 2.48. The van der Waals surface area contributed by atoms with E-state index in [9.17, 15) is 0 Å². The average molecular weight is 298 g/mol. The molecule has 3 aliphatic rings. The number of hydrogen-bond donors (Lipinski definition) is 1. The zero-order valence-corrected chi connectivity index (χ0v) is 13.7. The van der Waals surface area contributed by atoms with Gasteiger partial charge in [-0.3, -0.25) is 4.90 Å². The monoisotopic (exact) mass is 298 g/mol. The van der Waals surface area contributed by atoms with Crippen molar-refractivity contribution in [1.82, 2.24) is 4.90 Å². The first-order chi connectivity index (χ1) is 9.70. The maximum absolute atomic E-state index is 6.26. The van der Waals surface area contributed by atoms with Crippen LogP contribution < -0.4 is 5.73 Å². The molecule has 3 heterocycles. The Labute approximate surface area is 128 Å². The van der Waals surface area contributed by atoms with E-state index in [-0.39, 0.29) is 5.60 Å². The van der Waals surface area contributed by atoms with Gasteiger partial charge in [-0.2, -0.15) is 11.8 Å². The Morgan fingerprint density at radius 1 is 1.25 bits per heavy atom. The second-order valence-corrected chi connectivity index (χ2v) is 8.18. The number of hydrogen-bond acceptors (Lipinski definition) is 4. The summed E-state index contributed by atoms with van der Waals surface area (Å²) in [5.41, 5.74) is 6.46. The van der Waals surface area contributed by atoms with Crippen molar-refractivity contribution < 1.29 is 4.74 Å². The third-order valence-corrected chi connectivity index (χ3v) is 6.52. The summed E-state index contributed by atoms with van der Waals surface area (Å²) >= 11 is 2.09. The van der Waals surface area contributed by atoms with Crippen LogP contribution in [0.15, 0.2) is 0 Å². The first-order valence-electron chi connectivity index (χ1n) is 8.43. The van der Waals surface area contributed by atoms with E-state index in [4.69, 9.17) is 10.5 Å². The molecular weight excluding hydrogens is 268 g/mol. The van der Waals surface area contributed by atoms with E-state index < -0.39 is 0 Å². The van der Waals surface area contributed by atoms with E-state index in [1.54, 1.807) is 0 Å². The maximum Gasteiger partial charge on any atom is 0.0713 e. The Kier molecular flexibility index (Phi) is 4.96. The number of nitrogens with zero attached hydrogens (tertiary/aromatic N) is 1. The van der Waals surface area contributed by atoms with Gasteiger partial charge in [0.15, 0.2) is 0 Å². The summed E-state index contributed by atoms with van der Waals surface area (Å²) in [5, 5.41) is 0. The molecule has 0 aromatic heterocycles. The van der Waals surface area contributed by atoms with Crippen LogP contribution in [0.3, 0.4) is 0 Å². The van der Waals surface area contributed by atoms with Crippen LogP contribution in [0, 0.1) is 0 Å². The molecule has 3 atom stereocenters. The molecule has 3 fully saturated rings. The molecule has 0 bridgehead atoms. The summed E-state index contributed by atoms with van der Waals surface area (Å²) in [6.45, 7) is 4.40.